The lowest BCUT2D eigenvalue weighted by Crippen LogP contribution is -2.60. The number of nitrogens with one attached hydrogen (secondary N) is 7. The molecule has 61 heavy (non-hydrogen) atoms. The molecule has 1 aliphatic carbocycles. The van der Waals surface area contributed by atoms with Crippen LogP contribution in [0.25, 0.3) is 0 Å². The Kier molecular flexibility index (Phi) is 21.6. The normalized spacial score (nSPS) is 15.3. The van der Waals surface area contributed by atoms with E-state index >= 15 is 0 Å². The first-order valence-corrected chi connectivity index (χ1v) is 20.3. The number of hydrogen-bond donors (Lipinski definition) is 10. The monoisotopic (exact) mass is 855 g/mol. The van der Waals surface area contributed by atoms with Gasteiger partial charge in [-0.3, -0.25) is 43.2 Å². The maximum atomic E-state index is 13.9. The average Bonchev–Trinajstić information content (AvgIpc) is 3.20. The summed E-state index contributed by atoms with van der Waals surface area (Å²) < 4.78 is 0. The summed E-state index contributed by atoms with van der Waals surface area (Å²) in [7, 11) is 0. The molecule has 5 atom stereocenters. The Balaban J connectivity index is 2.06. The zero-order valence-corrected chi connectivity index (χ0v) is 35.1. The number of carboxylic acid groups (broad SMARTS) is 1. The fraction of sp³-hybridized carbons (Fsp3) is 0.561. The SMILES string of the molecule is CC(C)C[C@H](NC(=O)[C@@H](NC(=O)[C@H](CCC(N)=O)NC(=O)/C=C/C(=O)NCC(=O)NCC(=O)N[C@@H](Cc1ccccc1)C(=O)O)C1CCCCC1)C(=O)N[C@H](C(N)=O)C(C)C. The Labute approximate surface area is 354 Å². The first kappa shape index (κ1) is 50.8. The number of carbonyl (C=O) groups excluding carboxylic acids is 9. The summed E-state index contributed by atoms with van der Waals surface area (Å²) in [6.07, 6.45) is 4.83. The number of hydrogen-bond acceptors (Lipinski definition) is 10. The van der Waals surface area contributed by atoms with Crippen molar-refractivity contribution in [1.82, 2.24) is 37.2 Å². The van der Waals surface area contributed by atoms with Crippen LogP contribution >= 0.6 is 0 Å². The molecule has 0 unspecified atom stereocenters. The third kappa shape index (κ3) is 19.5. The smallest absolute Gasteiger partial charge is 0.326 e. The Morgan fingerprint density at radius 2 is 1.30 bits per heavy atom. The lowest BCUT2D eigenvalue weighted by atomic mass is 9.83. The second-order valence-electron chi connectivity index (χ2n) is 15.7. The zero-order chi connectivity index (χ0) is 45.6. The van der Waals surface area contributed by atoms with Gasteiger partial charge in [0.05, 0.1) is 13.1 Å². The van der Waals surface area contributed by atoms with Crippen LogP contribution in [0.5, 0.6) is 0 Å². The number of aliphatic carboxylic acids is 1. The van der Waals surface area contributed by atoms with Gasteiger partial charge in [0.25, 0.3) is 0 Å². The van der Waals surface area contributed by atoms with Crippen molar-refractivity contribution >= 4 is 59.1 Å². The van der Waals surface area contributed by atoms with Gasteiger partial charge in [0.15, 0.2) is 0 Å². The summed E-state index contributed by atoms with van der Waals surface area (Å²) in [5.41, 5.74) is 11.5. The minimum absolute atomic E-state index is 0.0155. The second-order valence-corrected chi connectivity index (χ2v) is 15.7. The first-order valence-electron chi connectivity index (χ1n) is 20.3. The molecule has 1 saturated carbocycles. The van der Waals surface area contributed by atoms with Crippen molar-refractivity contribution in [2.45, 2.75) is 116 Å². The molecule has 0 aliphatic heterocycles. The fourth-order valence-electron chi connectivity index (χ4n) is 6.59. The van der Waals surface area contributed by atoms with E-state index in [0.29, 0.717) is 18.4 Å². The van der Waals surface area contributed by atoms with Crippen molar-refractivity contribution in [3.8, 4) is 0 Å². The highest BCUT2D eigenvalue weighted by atomic mass is 16.4. The van der Waals surface area contributed by atoms with E-state index in [9.17, 15) is 53.1 Å². The topological polar surface area (TPSA) is 327 Å². The minimum Gasteiger partial charge on any atom is -0.480 e. The lowest BCUT2D eigenvalue weighted by molar-refractivity contribution is -0.141. The molecule has 12 N–H and O–H groups in total. The van der Waals surface area contributed by atoms with E-state index in [1.54, 1.807) is 44.2 Å². The Hall–Kier alpha value is -6.34. The standard InChI is InChI=1S/C41H61N9O11/c1-23(2)19-28(39(58)49-35(24(3)4)37(43)56)48-40(59)36(26-13-9-6-10-14-26)50-38(57)27(15-16-30(42)51)46-32(53)18-17-31(52)44-21-33(54)45-22-34(55)47-29(41(60)61)20-25-11-7-5-8-12-25/h5,7-8,11-12,17-18,23-24,26-29,35-36H,6,9-10,13-16,19-22H2,1-4H3,(H2,42,51)(H2,43,56)(H,44,52)(H,45,54)(H,46,53)(H,47,55)(H,48,59)(H,49,58)(H,50,57)(H,60,61)/b18-17+/t27-,28-,29-,35-,36-/m0/s1. The molecule has 1 aromatic carbocycles. The molecular formula is C41H61N9O11. The van der Waals surface area contributed by atoms with Gasteiger partial charge in [-0.05, 0) is 49.0 Å². The van der Waals surface area contributed by atoms with E-state index in [1.807, 2.05) is 13.8 Å². The third-order valence-electron chi connectivity index (χ3n) is 9.80. The van der Waals surface area contributed by atoms with Crippen molar-refractivity contribution in [3.63, 3.8) is 0 Å². The van der Waals surface area contributed by atoms with Crippen LogP contribution in [0.3, 0.4) is 0 Å². The lowest BCUT2D eigenvalue weighted by Gasteiger charge is -2.33. The van der Waals surface area contributed by atoms with Crippen LogP contribution in [-0.4, -0.2) is 108 Å². The largest absolute Gasteiger partial charge is 0.480 e. The van der Waals surface area contributed by atoms with Gasteiger partial charge < -0.3 is 53.8 Å². The Morgan fingerprint density at radius 1 is 0.689 bits per heavy atom. The Bertz CT molecular complexity index is 1750. The van der Waals surface area contributed by atoms with Crippen molar-refractivity contribution in [2.75, 3.05) is 13.1 Å². The molecule has 0 radical (unpaired) electrons. The van der Waals surface area contributed by atoms with Gasteiger partial charge in [-0.1, -0.05) is 77.3 Å². The summed E-state index contributed by atoms with van der Waals surface area (Å²) in [4.78, 5) is 126. The van der Waals surface area contributed by atoms with Gasteiger partial charge in [-0.15, -0.1) is 0 Å². The number of nitrogens with two attached hydrogens (primary N) is 2. The van der Waals surface area contributed by atoms with Crippen molar-refractivity contribution in [3.05, 3.63) is 48.0 Å². The van der Waals surface area contributed by atoms with E-state index in [0.717, 1.165) is 31.4 Å². The molecule has 336 valence electrons. The van der Waals surface area contributed by atoms with Crippen LogP contribution in [0.2, 0.25) is 0 Å². The minimum atomic E-state index is -1.39. The van der Waals surface area contributed by atoms with Gasteiger partial charge in [0.2, 0.25) is 53.2 Å². The number of carbonyl (C=O) groups is 10. The fourth-order valence-corrected chi connectivity index (χ4v) is 6.59. The maximum absolute atomic E-state index is 13.9. The number of rotatable bonds is 25. The second kappa shape index (κ2) is 26.0. The molecule has 2 rings (SSSR count). The Morgan fingerprint density at radius 3 is 1.87 bits per heavy atom. The number of carboxylic acids is 1. The predicted octanol–water partition coefficient (Wildman–Crippen LogP) is -1.44. The van der Waals surface area contributed by atoms with Crippen LogP contribution in [0.15, 0.2) is 42.5 Å². The van der Waals surface area contributed by atoms with Gasteiger partial charge >= 0.3 is 5.97 Å². The van der Waals surface area contributed by atoms with Crippen molar-refractivity contribution in [1.29, 1.82) is 0 Å². The molecule has 1 fully saturated rings. The molecule has 0 saturated heterocycles. The van der Waals surface area contributed by atoms with E-state index in [1.165, 1.54) is 0 Å². The quantitative estimate of drug-likeness (QED) is 0.0508. The van der Waals surface area contributed by atoms with Crippen LogP contribution in [0.4, 0.5) is 0 Å². The molecule has 9 amide bonds. The molecule has 1 aliphatic rings. The highest BCUT2D eigenvalue weighted by molar-refractivity contribution is 6.00. The van der Waals surface area contributed by atoms with E-state index in [4.69, 9.17) is 11.5 Å². The zero-order valence-electron chi connectivity index (χ0n) is 35.1. The molecular weight excluding hydrogens is 795 g/mol. The van der Waals surface area contributed by atoms with E-state index in [-0.39, 0.29) is 43.4 Å². The summed E-state index contributed by atoms with van der Waals surface area (Å²) in [6.45, 7) is 5.93. The van der Waals surface area contributed by atoms with Crippen LogP contribution < -0.4 is 48.7 Å². The number of benzene rings is 1. The highest BCUT2D eigenvalue weighted by Gasteiger charge is 2.36. The molecule has 0 aromatic heterocycles. The third-order valence-corrected chi connectivity index (χ3v) is 9.80. The summed E-state index contributed by atoms with van der Waals surface area (Å²) in [5.74, 6) is -9.01. The van der Waals surface area contributed by atoms with E-state index < -0.39 is 102 Å². The van der Waals surface area contributed by atoms with Gasteiger partial charge in [-0.25, -0.2) is 4.79 Å². The molecule has 20 heteroatoms. The van der Waals surface area contributed by atoms with Gasteiger partial charge in [0.1, 0.15) is 30.2 Å². The average molecular weight is 856 g/mol. The maximum Gasteiger partial charge on any atom is 0.326 e. The molecule has 0 spiro atoms. The predicted molar refractivity (Wildman–Crippen MR) is 221 cm³/mol. The number of amides is 9. The van der Waals surface area contributed by atoms with Crippen molar-refractivity contribution < 1.29 is 53.1 Å². The summed E-state index contributed by atoms with van der Waals surface area (Å²) in [6, 6.07) is 2.76. The van der Waals surface area contributed by atoms with Crippen molar-refractivity contribution in [2.24, 2.45) is 29.2 Å². The van der Waals surface area contributed by atoms with E-state index in [2.05, 4.69) is 37.2 Å². The first-order chi connectivity index (χ1) is 28.8. The van der Waals surface area contributed by atoms with Crippen LogP contribution in [-0.2, 0) is 54.4 Å². The number of primary amides is 2. The van der Waals surface area contributed by atoms with Crippen LogP contribution in [0, 0.1) is 17.8 Å². The summed E-state index contributed by atoms with van der Waals surface area (Å²) >= 11 is 0. The van der Waals surface area contributed by atoms with Gasteiger partial charge in [0, 0.05) is 25.0 Å². The highest BCUT2D eigenvalue weighted by Crippen LogP contribution is 2.27. The van der Waals surface area contributed by atoms with Crippen LogP contribution in [0.1, 0.15) is 84.6 Å². The molecule has 20 nitrogen and oxygen atoms in total. The summed E-state index contributed by atoms with van der Waals surface area (Å²) in [5, 5.41) is 26.7. The molecule has 1 aromatic rings. The molecule has 0 heterocycles. The molecule has 0 bridgehead atoms. The van der Waals surface area contributed by atoms with Gasteiger partial charge in [-0.2, -0.15) is 0 Å².